The number of aromatic nitrogens is 2. The Morgan fingerprint density at radius 3 is 2.41 bits per heavy atom. The second-order valence-electron chi connectivity index (χ2n) is 8.60. The van der Waals surface area contributed by atoms with Crippen molar-refractivity contribution in [3.05, 3.63) is 82.4 Å². The van der Waals surface area contributed by atoms with Crippen molar-refractivity contribution in [2.24, 2.45) is 0 Å². The molecule has 0 atom stereocenters. The van der Waals surface area contributed by atoms with E-state index in [2.05, 4.69) is 33.5 Å². The van der Waals surface area contributed by atoms with Crippen LogP contribution in [-0.4, -0.2) is 33.7 Å². The van der Waals surface area contributed by atoms with Gasteiger partial charge in [-0.25, -0.2) is 9.07 Å². The van der Waals surface area contributed by atoms with Crippen LogP contribution < -0.4 is 5.32 Å². The van der Waals surface area contributed by atoms with Crippen LogP contribution in [-0.2, 0) is 24.3 Å². The van der Waals surface area contributed by atoms with Crippen molar-refractivity contribution < 1.29 is 9.18 Å². The maximum atomic E-state index is 13.3. The Kier molecular flexibility index (Phi) is 7.00. The van der Waals surface area contributed by atoms with E-state index in [1.807, 2.05) is 19.9 Å². The van der Waals surface area contributed by atoms with Gasteiger partial charge in [0, 0.05) is 24.3 Å². The van der Waals surface area contributed by atoms with Gasteiger partial charge in [0.25, 0.3) is 0 Å². The summed E-state index contributed by atoms with van der Waals surface area (Å²) in [6, 6.07) is 14.6. The first-order valence-electron chi connectivity index (χ1n) is 11.4. The summed E-state index contributed by atoms with van der Waals surface area (Å²) >= 11 is 0. The van der Waals surface area contributed by atoms with Gasteiger partial charge in [0.2, 0.25) is 5.91 Å². The van der Waals surface area contributed by atoms with Crippen molar-refractivity contribution in [3.8, 4) is 5.69 Å². The molecule has 5 nitrogen and oxygen atoms in total. The Morgan fingerprint density at radius 2 is 1.69 bits per heavy atom. The lowest BCUT2D eigenvalue weighted by molar-refractivity contribution is -0.120. The maximum Gasteiger partial charge on any atom is 0.224 e. The second-order valence-corrected chi connectivity index (χ2v) is 8.60. The number of nitrogens with one attached hydrogen (secondary N) is 1. The van der Waals surface area contributed by atoms with E-state index in [0.29, 0.717) is 6.54 Å². The first kappa shape index (κ1) is 22.2. The number of aryl methyl sites for hydroxylation is 1. The van der Waals surface area contributed by atoms with Gasteiger partial charge in [-0.1, -0.05) is 30.7 Å². The molecule has 1 amide bonds. The zero-order valence-corrected chi connectivity index (χ0v) is 18.9. The summed E-state index contributed by atoms with van der Waals surface area (Å²) < 4.78 is 15.0. The lowest BCUT2D eigenvalue weighted by Gasteiger charge is -2.27. The van der Waals surface area contributed by atoms with Crippen molar-refractivity contribution in [1.29, 1.82) is 0 Å². The number of likely N-dealkylation sites (tertiary alicyclic amines) is 1. The highest BCUT2D eigenvalue weighted by Gasteiger charge is 2.17. The molecule has 0 bridgehead atoms. The van der Waals surface area contributed by atoms with E-state index in [1.165, 1.54) is 42.5 Å². The summed E-state index contributed by atoms with van der Waals surface area (Å²) in [5.74, 6) is -0.307. The number of carbonyl (C=O) groups excluding carboxylic acids is 1. The number of amides is 1. The molecule has 1 saturated heterocycles. The smallest absolute Gasteiger partial charge is 0.224 e. The third kappa shape index (κ3) is 5.25. The quantitative estimate of drug-likeness (QED) is 0.597. The monoisotopic (exact) mass is 434 g/mol. The highest BCUT2D eigenvalue weighted by atomic mass is 19.1. The van der Waals surface area contributed by atoms with Crippen molar-refractivity contribution in [3.63, 3.8) is 0 Å². The summed E-state index contributed by atoms with van der Waals surface area (Å²) in [6.45, 7) is 7.61. The van der Waals surface area contributed by atoms with Gasteiger partial charge in [-0.05, 0) is 75.2 Å². The predicted octanol–water partition coefficient (Wildman–Crippen LogP) is 4.47. The molecule has 1 fully saturated rings. The number of hydrogen-bond donors (Lipinski definition) is 1. The van der Waals surface area contributed by atoms with E-state index < -0.39 is 0 Å². The molecule has 4 rings (SSSR count). The highest BCUT2D eigenvalue weighted by molar-refractivity contribution is 5.79. The van der Waals surface area contributed by atoms with Gasteiger partial charge in [-0.2, -0.15) is 5.10 Å². The number of rotatable bonds is 7. The number of piperidine rings is 1. The molecule has 1 aliphatic rings. The minimum absolute atomic E-state index is 0.0253. The fourth-order valence-corrected chi connectivity index (χ4v) is 4.42. The lowest BCUT2D eigenvalue weighted by atomic mass is 10.0. The molecule has 32 heavy (non-hydrogen) atoms. The normalized spacial score (nSPS) is 14.5. The topological polar surface area (TPSA) is 50.2 Å². The van der Waals surface area contributed by atoms with Gasteiger partial charge in [-0.3, -0.25) is 9.69 Å². The standard InChI is InChI=1S/C26H31FN4O/c1-19-25(20(2)31(29-19)24-12-10-23(27)11-13-24)16-26(32)28-17-21-8-4-5-9-22(21)18-30-14-6-3-7-15-30/h4-5,8-13H,3,6-7,14-18H2,1-2H3,(H,28,32). The molecular formula is C26H31FN4O. The lowest BCUT2D eigenvalue weighted by Crippen LogP contribution is -2.30. The fraction of sp³-hybridized carbons (Fsp3) is 0.385. The van der Waals surface area contributed by atoms with Crippen molar-refractivity contribution >= 4 is 5.91 Å². The Labute approximate surface area is 189 Å². The molecule has 1 aromatic heterocycles. The largest absolute Gasteiger partial charge is 0.352 e. The Hall–Kier alpha value is -2.99. The summed E-state index contributed by atoms with van der Waals surface area (Å²) in [7, 11) is 0. The third-order valence-electron chi connectivity index (χ3n) is 6.29. The van der Waals surface area contributed by atoms with E-state index in [-0.39, 0.29) is 18.1 Å². The van der Waals surface area contributed by atoms with E-state index in [1.54, 1.807) is 16.8 Å². The van der Waals surface area contributed by atoms with E-state index in [9.17, 15) is 9.18 Å². The van der Waals surface area contributed by atoms with Crippen LogP contribution in [0.1, 0.15) is 47.3 Å². The number of carbonyl (C=O) groups is 1. The Bertz CT molecular complexity index is 1070. The van der Waals surface area contributed by atoms with Crippen LogP contribution in [0.3, 0.4) is 0 Å². The zero-order chi connectivity index (χ0) is 22.5. The SMILES string of the molecule is Cc1nn(-c2ccc(F)cc2)c(C)c1CC(=O)NCc1ccccc1CN1CCCCC1. The van der Waals surface area contributed by atoms with Gasteiger partial charge in [0.05, 0.1) is 17.8 Å². The van der Waals surface area contributed by atoms with Crippen LogP contribution >= 0.6 is 0 Å². The van der Waals surface area contributed by atoms with Gasteiger partial charge in [0.15, 0.2) is 0 Å². The molecule has 2 aromatic carbocycles. The molecule has 3 aromatic rings. The van der Waals surface area contributed by atoms with Crippen molar-refractivity contribution in [1.82, 2.24) is 20.0 Å². The van der Waals surface area contributed by atoms with Gasteiger partial charge in [0.1, 0.15) is 5.82 Å². The zero-order valence-electron chi connectivity index (χ0n) is 18.9. The average molecular weight is 435 g/mol. The van der Waals surface area contributed by atoms with Crippen LogP contribution in [0.2, 0.25) is 0 Å². The average Bonchev–Trinajstić information content (AvgIpc) is 3.08. The first-order chi connectivity index (χ1) is 15.5. The first-order valence-corrected chi connectivity index (χ1v) is 11.4. The molecule has 0 spiro atoms. The molecule has 168 valence electrons. The van der Waals surface area contributed by atoms with E-state index in [0.717, 1.165) is 42.3 Å². The molecule has 0 radical (unpaired) electrons. The van der Waals surface area contributed by atoms with Crippen LogP contribution in [0.15, 0.2) is 48.5 Å². The summed E-state index contributed by atoms with van der Waals surface area (Å²) in [5.41, 5.74) is 5.86. The minimum atomic E-state index is -0.282. The molecule has 1 aliphatic heterocycles. The highest BCUT2D eigenvalue weighted by Crippen LogP contribution is 2.20. The number of halogens is 1. The second kappa shape index (κ2) is 10.1. The van der Waals surface area contributed by atoms with Gasteiger partial charge < -0.3 is 5.32 Å². The molecule has 0 saturated carbocycles. The molecule has 1 N–H and O–H groups in total. The summed E-state index contributed by atoms with van der Waals surface area (Å²) in [4.78, 5) is 15.3. The number of hydrogen-bond acceptors (Lipinski definition) is 3. The number of nitrogens with zero attached hydrogens (tertiary/aromatic N) is 3. The number of benzene rings is 2. The van der Waals surface area contributed by atoms with Crippen LogP contribution in [0, 0.1) is 19.7 Å². The van der Waals surface area contributed by atoms with Crippen LogP contribution in [0.5, 0.6) is 0 Å². The van der Waals surface area contributed by atoms with Gasteiger partial charge >= 0.3 is 0 Å². The summed E-state index contributed by atoms with van der Waals surface area (Å²) in [5, 5.41) is 7.66. The van der Waals surface area contributed by atoms with Crippen molar-refractivity contribution in [2.45, 2.75) is 52.6 Å². The molecular weight excluding hydrogens is 403 g/mol. The van der Waals surface area contributed by atoms with E-state index >= 15 is 0 Å². The molecule has 0 aliphatic carbocycles. The predicted molar refractivity (Wildman–Crippen MR) is 124 cm³/mol. The molecule has 0 unspecified atom stereocenters. The maximum absolute atomic E-state index is 13.3. The minimum Gasteiger partial charge on any atom is -0.352 e. The Morgan fingerprint density at radius 1 is 1.00 bits per heavy atom. The molecule has 6 heteroatoms. The van der Waals surface area contributed by atoms with Crippen LogP contribution in [0.4, 0.5) is 4.39 Å². The fourth-order valence-electron chi connectivity index (χ4n) is 4.42. The van der Waals surface area contributed by atoms with Gasteiger partial charge in [-0.15, -0.1) is 0 Å². The third-order valence-corrected chi connectivity index (χ3v) is 6.29. The van der Waals surface area contributed by atoms with Crippen LogP contribution in [0.25, 0.3) is 5.69 Å². The van der Waals surface area contributed by atoms with E-state index in [4.69, 9.17) is 0 Å². The summed E-state index contributed by atoms with van der Waals surface area (Å²) in [6.07, 6.45) is 4.13. The Balaban J connectivity index is 1.40. The molecule has 2 heterocycles. The van der Waals surface area contributed by atoms with Crippen molar-refractivity contribution in [2.75, 3.05) is 13.1 Å².